The molecule has 2 aromatic carbocycles. The standard InChI is InChI=1S/C22H24ClN3O3/c1-5-26(21(27)13-28-19-11-14(2)10-15(3)16(19)4)12-20-24-22(25-29-20)17-6-8-18(23)9-7-17/h6-11H,5,12-13H2,1-4H3. The number of carbonyl (C=O) groups is 1. The highest BCUT2D eigenvalue weighted by atomic mass is 35.5. The van der Waals surface area contributed by atoms with Gasteiger partial charge < -0.3 is 14.2 Å². The molecule has 1 heterocycles. The molecule has 0 fully saturated rings. The number of aromatic nitrogens is 2. The molecule has 0 aliphatic heterocycles. The highest BCUT2D eigenvalue weighted by Crippen LogP contribution is 2.23. The maximum Gasteiger partial charge on any atom is 0.260 e. The number of benzene rings is 2. The second-order valence-electron chi connectivity index (χ2n) is 6.92. The first-order chi connectivity index (χ1) is 13.9. The highest BCUT2D eigenvalue weighted by Gasteiger charge is 2.18. The topological polar surface area (TPSA) is 68.5 Å². The fourth-order valence-electron chi connectivity index (χ4n) is 2.96. The van der Waals surface area contributed by atoms with E-state index in [4.69, 9.17) is 20.9 Å². The zero-order chi connectivity index (χ0) is 21.0. The summed E-state index contributed by atoms with van der Waals surface area (Å²) in [5.41, 5.74) is 4.08. The zero-order valence-electron chi connectivity index (χ0n) is 17.0. The molecule has 0 aliphatic carbocycles. The molecule has 0 radical (unpaired) electrons. The second kappa shape index (κ2) is 9.09. The molecular weight excluding hydrogens is 390 g/mol. The SMILES string of the molecule is CCN(Cc1nc(-c2ccc(Cl)cc2)no1)C(=O)COc1cc(C)cc(C)c1C. The van der Waals surface area contributed by atoms with Gasteiger partial charge in [-0.1, -0.05) is 22.8 Å². The fraction of sp³-hybridized carbons (Fsp3) is 0.318. The molecule has 0 unspecified atom stereocenters. The molecule has 29 heavy (non-hydrogen) atoms. The van der Waals surface area contributed by atoms with Crippen molar-refractivity contribution in [2.75, 3.05) is 13.2 Å². The highest BCUT2D eigenvalue weighted by molar-refractivity contribution is 6.30. The number of carbonyl (C=O) groups excluding carboxylic acids is 1. The van der Waals surface area contributed by atoms with Gasteiger partial charge in [0, 0.05) is 17.1 Å². The molecule has 7 heteroatoms. The van der Waals surface area contributed by atoms with Crippen molar-refractivity contribution in [3.63, 3.8) is 0 Å². The number of nitrogens with zero attached hydrogens (tertiary/aromatic N) is 3. The van der Waals surface area contributed by atoms with Crippen molar-refractivity contribution in [3.8, 4) is 17.1 Å². The summed E-state index contributed by atoms with van der Waals surface area (Å²) in [6.45, 7) is 8.61. The molecule has 1 amide bonds. The molecule has 6 nitrogen and oxygen atoms in total. The van der Waals surface area contributed by atoms with Crippen LogP contribution in [0.2, 0.25) is 5.02 Å². The molecule has 3 aromatic rings. The summed E-state index contributed by atoms with van der Waals surface area (Å²) >= 11 is 5.91. The zero-order valence-corrected chi connectivity index (χ0v) is 17.8. The Bertz CT molecular complexity index is 999. The Labute approximate surface area is 175 Å². The van der Waals surface area contributed by atoms with E-state index in [1.165, 1.54) is 0 Å². The number of ether oxygens (including phenoxy) is 1. The van der Waals surface area contributed by atoms with Crippen LogP contribution in [0.3, 0.4) is 0 Å². The average Bonchev–Trinajstić information content (AvgIpc) is 3.16. The van der Waals surface area contributed by atoms with Crippen molar-refractivity contribution in [2.24, 2.45) is 0 Å². The Morgan fingerprint density at radius 3 is 2.59 bits per heavy atom. The average molecular weight is 414 g/mol. The van der Waals surface area contributed by atoms with Crippen molar-refractivity contribution in [1.82, 2.24) is 15.0 Å². The lowest BCUT2D eigenvalue weighted by Gasteiger charge is -2.19. The third-order valence-corrected chi connectivity index (χ3v) is 5.00. The molecule has 3 rings (SSSR count). The van der Waals surface area contributed by atoms with Crippen LogP contribution in [0.25, 0.3) is 11.4 Å². The first kappa shape index (κ1) is 20.9. The molecular formula is C22H24ClN3O3. The monoisotopic (exact) mass is 413 g/mol. The Morgan fingerprint density at radius 1 is 1.17 bits per heavy atom. The maximum absolute atomic E-state index is 12.6. The van der Waals surface area contributed by atoms with Gasteiger partial charge in [0.1, 0.15) is 12.3 Å². The van der Waals surface area contributed by atoms with Crippen LogP contribution in [0.4, 0.5) is 0 Å². The van der Waals surface area contributed by atoms with Crippen LogP contribution in [0.1, 0.15) is 29.5 Å². The van der Waals surface area contributed by atoms with Gasteiger partial charge in [-0.2, -0.15) is 4.98 Å². The molecule has 0 bridgehead atoms. The Hall–Kier alpha value is -2.86. The molecule has 0 saturated carbocycles. The van der Waals surface area contributed by atoms with Crippen LogP contribution in [0.5, 0.6) is 5.75 Å². The quantitative estimate of drug-likeness (QED) is 0.559. The summed E-state index contributed by atoms with van der Waals surface area (Å²) < 4.78 is 11.1. The van der Waals surface area contributed by atoms with Crippen molar-refractivity contribution in [3.05, 3.63) is 64.0 Å². The molecule has 0 saturated heterocycles. The van der Waals surface area contributed by atoms with Gasteiger partial charge in [-0.05, 0) is 74.7 Å². The van der Waals surface area contributed by atoms with Gasteiger partial charge in [-0.15, -0.1) is 0 Å². The minimum atomic E-state index is -0.141. The number of halogens is 1. The predicted molar refractivity (Wildman–Crippen MR) is 112 cm³/mol. The van der Waals surface area contributed by atoms with Crippen molar-refractivity contribution >= 4 is 17.5 Å². The lowest BCUT2D eigenvalue weighted by atomic mass is 10.1. The summed E-state index contributed by atoms with van der Waals surface area (Å²) in [6, 6.07) is 11.2. The molecule has 0 atom stereocenters. The van der Waals surface area contributed by atoms with E-state index in [2.05, 4.69) is 16.2 Å². The van der Waals surface area contributed by atoms with E-state index in [-0.39, 0.29) is 19.1 Å². The maximum atomic E-state index is 12.6. The molecule has 0 aliphatic rings. The lowest BCUT2D eigenvalue weighted by molar-refractivity contribution is -0.134. The largest absolute Gasteiger partial charge is 0.483 e. The van der Waals surface area contributed by atoms with E-state index in [0.29, 0.717) is 23.3 Å². The number of likely N-dealkylation sites (N-methyl/N-ethyl adjacent to an activating group) is 1. The van der Waals surface area contributed by atoms with E-state index >= 15 is 0 Å². The van der Waals surface area contributed by atoms with Gasteiger partial charge in [0.05, 0.1) is 0 Å². The summed E-state index contributed by atoms with van der Waals surface area (Å²) in [5.74, 6) is 1.42. The van der Waals surface area contributed by atoms with Gasteiger partial charge in [0.2, 0.25) is 11.7 Å². The summed E-state index contributed by atoms with van der Waals surface area (Å²) in [5, 5.41) is 4.63. The van der Waals surface area contributed by atoms with Crippen LogP contribution >= 0.6 is 11.6 Å². The summed E-state index contributed by atoms with van der Waals surface area (Å²) in [6.07, 6.45) is 0. The molecule has 152 valence electrons. The Kier molecular flexibility index (Phi) is 6.54. The summed E-state index contributed by atoms with van der Waals surface area (Å²) in [7, 11) is 0. The normalized spacial score (nSPS) is 10.8. The summed E-state index contributed by atoms with van der Waals surface area (Å²) in [4.78, 5) is 18.6. The number of amides is 1. The van der Waals surface area contributed by atoms with Gasteiger partial charge in [0.25, 0.3) is 5.91 Å². The number of aryl methyl sites for hydroxylation is 2. The second-order valence-corrected chi connectivity index (χ2v) is 7.36. The Morgan fingerprint density at radius 2 is 1.90 bits per heavy atom. The van der Waals surface area contributed by atoms with E-state index < -0.39 is 0 Å². The van der Waals surface area contributed by atoms with Gasteiger partial charge >= 0.3 is 0 Å². The van der Waals surface area contributed by atoms with E-state index in [1.807, 2.05) is 45.9 Å². The minimum absolute atomic E-state index is 0.0459. The number of rotatable bonds is 7. The van der Waals surface area contributed by atoms with Crippen LogP contribution in [0.15, 0.2) is 40.9 Å². The third-order valence-electron chi connectivity index (χ3n) is 4.75. The van der Waals surface area contributed by atoms with Crippen LogP contribution in [0, 0.1) is 20.8 Å². The van der Waals surface area contributed by atoms with Crippen LogP contribution in [-0.4, -0.2) is 34.1 Å². The van der Waals surface area contributed by atoms with Crippen molar-refractivity contribution in [2.45, 2.75) is 34.2 Å². The first-order valence-corrected chi connectivity index (χ1v) is 9.82. The minimum Gasteiger partial charge on any atom is -0.483 e. The van der Waals surface area contributed by atoms with Crippen molar-refractivity contribution in [1.29, 1.82) is 0 Å². The smallest absolute Gasteiger partial charge is 0.260 e. The number of hydrogen-bond acceptors (Lipinski definition) is 5. The Balaban J connectivity index is 1.64. The predicted octanol–water partition coefficient (Wildman–Crippen LogP) is 4.74. The van der Waals surface area contributed by atoms with E-state index in [0.717, 1.165) is 28.0 Å². The van der Waals surface area contributed by atoms with Gasteiger partial charge in [-0.25, -0.2) is 0 Å². The van der Waals surface area contributed by atoms with E-state index in [9.17, 15) is 4.79 Å². The van der Waals surface area contributed by atoms with Crippen molar-refractivity contribution < 1.29 is 14.1 Å². The van der Waals surface area contributed by atoms with Gasteiger partial charge in [-0.3, -0.25) is 4.79 Å². The molecule has 1 aromatic heterocycles. The van der Waals surface area contributed by atoms with Crippen LogP contribution < -0.4 is 4.74 Å². The molecule has 0 spiro atoms. The number of hydrogen-bond donors (Lipinski definition) is 0. The third kappa shape index (κ3) is 5.15. The van der Waals surface area contributed by atoms with Gasteiger partial charge in [0.15, 0.2) is 6.61 Å². The van der Waals surface area contributed by atoms with Crippen LogP contribution in [-0.2, 0) is 11.3 Å². The van der Waals surface area contributed by atoms with E-state index in [1.54, 1.807) is 17.0 Å². The fourth-order valence-corrected chi connectivity index (χ4v) is 3.08. The first-order valence-electron chi connectivity index (χ1n) is 9.44. The molecule has 0 N–H and O–H groups in total. The lowest BCUT2D eigenvalue weighted by Crippen LogP contribution is -2.34.